The van der Waals surface area contributed by atoms with Gasteiger partial charge in [0.2, 0.25) is 9.84 Å². The van der Waals surface area contributed by atoms with E-state index in [4.69, 9.17) is 4.74 Å². The maximum atomic E-state index is 13.2. The molecule has 2 aliphatic heterocycles. The summed E-state index contributed by atoms with van der Waals surface area (Å²) in [6.07, 6.45) is 0. The largest absolute Gasteiger partial charge is 0.492 e. The topological polar surface area (TPSA) is 84.0 Å². The molecule has 0 spiro atoms. The van der Waals surface area contributed by atoms with Crippen LogP contribution in [-0.2, 0) is 9.84 Å². The second-order valence-corrected chi connectivity index (χ2v) is 10.1. The smallest absolute Gasteiger partial charge is 0.254 e. The maximum absolute atomic E-state index is 13.2. The fourth-order valence-corrected chi connectivity index (χ4v) is 6.22. The number of rotatable bonds is 4. The van der Waals surface area contributed by atoms with Crippen molar-refractivity contribution in [2.75, 3.05) is 37.7 Å². The van der Waals surface area contributed by atoms with E-state index in [1.807, 2.05) is 31.2 Å². The Balaban J connectivity index is 1.37. The van der Waals surface area contributed by atoms with Crippen LogP contribution >= 0.6 is 0 Å². The summed E-state index contributed by atoms with van der Waals surface area (Å²) in [5, 5.41) is 0. The third kappa shape index (κ3) is 3.64. The number of anilines is 1. The van der Waals surface area contributed by atoms with E-state index in [0.717, 1.165) is 11.4 Å². The van der Waals surface area contributed by atoms with Crippen molar-refractivity contribution in [1.82, 2.24) is 4.90 Å². The van der Waals surface area contributed by atoms with Crippen LogP contribution in [0.3, 0.4) is 0 Å². The van der Waals surface area contributed by atoms with Gasteiger partial charge in [-0.05, 0) is 49.4 Å². The number of ketones is 1. The molecule has 0 unspecified atom stereocenters. The van der Waals surface area contributed by atoms with Crippen molar-refractivity contribution in [3.63, 3.8) is 0 Å². The van der Waals surface area contributed by atoms with Gasteiger partial charge in [-0.3, -0.25) is 9.59 Å². The molecule has 1 amide bonds. The van der Waals surface area contributed by atoms with Crippen LogP contribution in [0.2, 0.25) is 0 Å². The highest BCUT2D eigenvalue weighted by molar-refractivity contribution is 7.91. The fourth-order valence-electron chi connectivity index (χ4n) is 4.55. The molecule has 174 valence electrons. The Bertz CT molecular complexity index is 1390. The SMILES string of the molecule is CCOc1ccccc1N1CCN(C(=O)c2ccc3c(c2)S(=O)(=O)c2ccccc2C3=O)CC1. The summed E-state index contributed by atoms with van der Waals surface area (Å²) < 4.78 is 32.1. The van der Waals surface area contributed by atoms with Gasteiger partial charge in [0, 0.05) is 42.9 Å². The van der Waals surface area contributed by atoms with Crippen molar-refractivity contribution >= 4 is 27.2 Å². The Morgan fingerprint density at radius 1 is 0.882 bits per heavy atom. The normalized spacial score (nSPS) is 16.6. The van der Waals surface area contributed by atoms with Gasteiger partial charge in [-0.1, -0.05) is 24.3 Å². The molecule has 34 heavy (non-hydrogen) atoms. The zero-order valence-corrected chi connectivity index (χ0v) is 19.5. The lowest BCUT2D eigenvalue weighted by molar-refractivity contribution is 0.0746. The zero-order chi connectivity index (χ0) is 23.9. The summed E-state index contributed by atoms with van der Waals surface area (Å²) in [5.74, 6) is 0.220. The Morgan fingerprint density at radius 2 is 1.56 bits per heavy atom. The van der Waals surface area contributed by atoms with Crippen LogP contribution in [0.4, 0.5) is 5.69 Å². The van der Waals surface area contributed by atoms with Gasteiger partial charge in [-0.15, -0.1) is 0 Å². The lowest BCUT2D eigenvalue weighted by Crippen LogP contribution is -2.49. The summed E-state index contributed by atoms with van der Waals surface area (Å²) in [6, 6.07) is 18.3. The number of nitrogens with zero attached hydrogens (tertiary/aromatic N) is 2. The van der Waals surface area contributed by atoms with Crippen molar-refractivity contribution < 1.29 is 22.7 Å². The molecule has 0 saturated carbocycles. The van der Waals surface area contributed by atoms with E-state index in [-0.39, 0.29) is 38.2 Å². The molecule has 0 N–H and O–H groups in total. The van der Waals surface area contributed by atoms with Crippen LogP contribution in [0, 0.1) is 0 Å². The number of carbonyl (C=O) groups is 2. The molecule has 1 saturated heterocycles. The van der Waals surface area contributed by atoms with Crippen molar-refractivity contribution in [2.24, 2.45) is 0 Å². The predicted molar refractivity (Wildman–Crippen MR) is 127 cm³/mol. The zero-order valence-electron chi connectivity index (χ0n) is 18.7. The number of ether oxygens (including phenoxy) is 1. The maximum Gasteiger partial charge on any atom is 0.254 e. The summed E-state index contributed by atoms with van der Waals surface area (Å²) in [6.45, 7) is 4.76. The highest BCUT2D eigenvalue weighted by Gasteiger charge is 2.35. The van der Waals surface area contributed by atoms with Gasteiger partial charge < -0.3 is 14.5 Å². The van der Waals surface area contributed by atoms with Crippen molar-refractivity contribution in [3.05, 3.63) is 83.4 Å². The number of hydrogen-bond acceptors (Lipinski definition) is 6. The highest BCUT2D eigenvalue weighted by Crippen LogP contribution is 2.35. The van der Waals surface area contributed by atoms with Gasteiger partial charge >= 0.3 is 0 Å². The molecular weight excluding hydrogens is 452 g/mol. The van der Waals surface area contributed by atoms with E-state index < -0.39 is 9.84 Å². The van der Waals surface area contributed by atoms with Crippen LogP contribution in [0.1, 0.15) is 33.2 Å². The number of benzene rings is 3. The van der Waals surface area contributed by atoms with Gasteiger partial charge in [-0.25, -0.2) is 8.42 Å². The highest BCUT2D eigenvalue weighted by atomic mass is 32.2. The molecule has 2 heterocycles. The molecule has 0 bridgehead atoms. The molecule has 5 rings (SSSR count). The van der Waals surface area contributed by atoms with Crippen LogP contribution in [0.5, 0.6) is 5.75 Å². The van der Waals surface area contributed by atoms with Gasteiger partial charge in [-0.2, -0.15) is 0 Å². The molecule has 0 radical (unpaired) electrons. The molecule has 3 aromatic rings. The Morgan fingerprint density at radius 3 is 2.32 bits per heavy atom. The number of fused-ring (bicyclic) bond motifs is 2. The molecule has 0 aromatic heterocycles. The number of amides is 1. The summed E-state index contributed by atoms with van der Waals surface area (Å²) in [5.41, 5.74) is 1.52. The van der Waals surface area contributed by atoms with Crippen molar-refractivity contribution in [2.45, 2.75) is 16.7 Å². The van der Waals surface area contributed by atoms with Crippen LogP contribution in [-0.4, -0.2) is 57.8 Å². The molecule has 8 heteroatoms. The first-order valence-electron chi connectivity index (χ1n) is 11.2. The minimum absolute atomic E-state index is 0.0151. The lowest BCUT2D eigenvalue weighted by atomic mass is 10.0. The molecule has 1 fully saturated rings. The Hall–Kier alpha value is -3.65. The monoisotopic (exact) mass is 476 g/mol. The molecule has 7 nitrogen and oxygen atoms in total. The van der Waals surface area contributed by atoms with Crippen LogP contribution in [0.15, 0.2) is 76.5 Å². The number of hydrogen-bond donors (Lipinski definition) is 0. The third-order valence-electron chi connectivity index (χ3n) is 6.26. The van der Waals surface area contributed by atoms with E-state index in [0.29, 0.717) is 32.8 Å². The molecule has 0 atom stereocenters. The lowest BCUT2D eigenvalue weighted by Gasteiger charge is -2.36. The van der Waals surface area contributed by atoms with Crippen LogP contribution in [0.25, 0.3) is 0 Å². The molecular formula is C26H24N2O5S. The van der Waals surface area contributed by atoms with Gasteiger partial charge in [0.05, 0.1) is 22.1 Å². The van der Waals surface area contributed by atoms with Crippen LogP contribution < -0.4 is 9.64 Å². The quantitative estimate of drug-likeness (QED) is 0.449. The van der Waals surface area contributed by atoms with Gasteiger partial charge in [0.1, 0.15) is 5.75 Å². The molecule has 0 aliphatic carbocycles. The Labute approximate surface area is 198 Å². The third-order valence-corrected chi connectivity index (χ3v) is 8.11. The number of para-hydroxylation sites is 2. The van der Waals surface area contributed by atoms with Gasteiger partial charge in [0.15, 0.2) is 5.78 Å². The summed E-state index contributed by atoms with van der Waals surface area (Å²) in [4.78, 5) is 29.9. The van der Waals surface area contributed by atoms with Crippen molar-refractivity contribution in [3.8, 4) is 5.75 Å². The average molecular weight is 477 g/mol. The molecule has 2 aliphatic rings. The standard InChI is InChI=1S/C26H24N2O5S/c1-2-33-22-9-5-4-8-21(22)27-13-15-28(16-14-27)26(30)18-11-12-20-24(17-18)34(31,32)23-10-6-3-7-19(23)25(20)29/h3-12,17H,2,13-16H2,1H3. The number of sulfone groups is 1. The second kappa shape index (κ2) is 8.61. The number of piperazine rings is 1. The first kappa shape index (κ1) is 22.2. The minimum atomic E-state index is -3.89. The number of carbonyl (C=O) groups excluding carboxylic acids is 2. The predicted octanol–water partition coefficient (Wildman–Crippen LogP) is 3.42. The first-order valence-corrected chi connectivity index (χ1v) is 12.7. The summed E-state index contributed by atoms with van der Waals surface area (Å²) >= 11 is 0. The molecule has 3 aromatic carbocycles. The first-order chi connectivity index (χ1) is 16.4. The minimum Gasteiger partial charge on any atom is -0.492 e. The van der Waals surface area contributed by atoms with E-state index >= 15 is 0 Å². The summed E-state index contributed by atoms with van der Waals surface area (Å²) in [7, 11) is -3.89. The van der Waals surface area contributed by atoms with Crippen molar-refractivity contribution in [1.29, 1.82) is 0 Å². The van der Waals surface area contributed by atoms with E-state index in [9.17, 15) is 18.0 Å². The average Bonchev–Trinajstić information content (AvgIpc) is 2.87. The van der Waals surface area contributed by atoms with E-state index in [2.05, 4.69) is 4.90 Å². The second-order valence-electron chi connectivity index (χ2n) is 8.22. The van der Waals surface area contributed by atoms with E-state index in [1.54, 1.807) is 23.1 Å². The fraction of sp³-hybridized carbons (Fsp3) is 0.231. The van der Waals surface area contributed by atoms with E-state index in [1.165, 1.54) is 24.3 Å². The van der Waals surface area contributed by atoms with Gasteiger partial charge in [0.25, 0.3) is 5.91 Å². The Kier molecular flexibility index (Phi) is 5.61.